The highest BCUT2D eigenvalue weighted by molar-refractivity contribution is 5.92. The number of anilines is 3. The van der Waals surface area contributed by atoms with Gasteiger partial charge >= 0.3 is 0 Å². The molecule has 7 nitrogen and oxygen atoms in total. The molecule has 156 valence electrons. The summed E-state index contributed by atoms with van der Waals surface area (Å²) in [7, 11) is 0. The summed E-state index contributed by atoms with van der Waals surface area (Å²) in [6.45, 7) is 3.76. The second-order valence-electron chi connectivity index (χ2n) is 7.64. The van der Waals surface area contributed by atoms with Crippen molar-refractivity contribution in [2.24, 2.45) is 0 Å². The number of hydrogen-bond donors (Lipinski definition) is 1. The molecule has 0 spiro atoms. The van der Waals surface area contributed by atoms with Crippen LogP contribution in [0.2, 0.25) is 0 Å². The zero-order valence-electron chi connectivity index (χ0n) is 17.2. The molecule has 31 heavy (non-hydrogen) atoms. The van der Waals surface area contributed by atoms with E-state index in [0.717, 1.165) is 43.3 Å². The normalized spacial score (nSPS) is 14.1. The number of pyridine rings is 2. The number of imidazole rings is 1. The minimum absolute atomic E-state index is 0.102. The fourth-order valence-corrected chi connectivity index (χ4v) is 3.92. The molecule has 1 amide bonds. The molecule has 0 radical (unpaired) electrons. The van der Waals surface area contributed by atoms with E-state index in [9.17, 15) is 4.79 Å². The lowest BCUT2D eigenvalue weighted by atomic mass is 10.2. The van der Waals surface area contributed by atoms with Crippen LogP contribution in [0.1, 0.15) is 5.69 Å². The highest BCUT2D eigenvalue weighted by Gasteiger charge is 2.18. The lowest BCUT2D eigenvalue weighted by molar-refractivity contribution is -0.115. The number of rotatable bonds is 5. The maximum atomic E-state index is 12.4. The van der Waals surface area contributed by atoms with E-state index in [0.29, 0.717) is 5.69 Å². The molecule has 1 aliphatic heterocycles. The van der Waals surface area contributed by atoms with Crippen molar-refractivity contribution in [3.05, 3.63) is 84.9 Å². The second kappa shape index (κ2) is 8.47. The lowest BCUT2D eigenvalue weighted by Gasteiger charge is -2.36. The number of nitrogens with zero attached hydrogens (tertiary/aromatic N) is 5. The van der Waals surface area contributed by atoms with Crippen LogP contribution in [0.15, 0.2) is 79.3 Å². The predicted molar refractivity (Wildman–Crippen MR) is 123 cm³/mol. The van der Waals surface area contributed by atoms with Crippen LogP contribution in [0, 0.1) is 0 Å². The summed E-state index contributed by atoms with van der Waals surface area (Å²) < 4.78 is 1.91. The van der Waals surface area contributed by atoms with Gasteiger partial charge in [0.05, 0.1) is 24.0 Å². The van der Waals surface area contributed by atoms with Gasteiger partial charge in [-0.15, -0.1) is 0 Å². The fraction of sp³-hybridized carbons (Fsp3) is 0.208. The van der Waals surface area contributed by atoms with Crippen LogP contribution in [0.3, 0.4) is 0 Å². The zero-order valence-corrected chi connectivity index (χ0v) is 17.2. The van der Waals surface area contributed by atoms with Gasteiger partial charge in [0.25, 0.3) is 0 Å². The standard InChI is InChI=1S/C24H24N6O/c31-24(16-20-18-30-11-5-4-8-23(30)26-20)27-19-9-10-22(25-17-19)29-14-12-28(13-15-29)21-6-2-1-3-7-21/h1-11,17-18H,12-16H2,(H,27,31). The molecule has 0 bridgehead atoms. The third kappa shape index (κ3) is 4.35. The number of benzene rings is 1. The van der Waals surface area contributed by atoms with Gasteiger partial charge in [0.15, 0.2) is 0 Å². The zero-order chi connectivity index (χ0) is 21.0. The van der Waals surface area contributed by atoms with E-state index in [1.54, 1.807) is 6.20 Å². The van der Waals surface area contributed by atoms with Gasteiger partial charge in [-0.25, -0.2) is 9.97 Å². The molecule has 1 saturated heterocycles. The van der Waals surface area contributed by atoms with Gasteiger partial charge in [-0.2, -0.15) is 0 Å². The fourth-order valence-electron chi connectivity index (χ4n) is 3.92. The van der Waals surface area contributed by atoms with Crippen LogP contribution in [0.4, 0.5) is 17.2 Å². The number of aromatic nitrogens is 3. The third-order valence-corrected chi connectivity index (χ3v) is 5.51. The Labute approximate surface area is 181 Å². The van der Waals surface area contributed by atoms with Crippen molar-refractivity contribution in [3.8, 4) is 0 Å². The van der Waals surface area contributed by atoms with Crippen molar-refractivity contribution in [1.29, 1.82) is 0 Å². The van der Waals surface area contributed by atoms with Crippen LogP contribution in [0.5, 0.6) is 0 Å². The number of hydrogen-bond acceptors (Lipinski definition) is 5. The first kappa shape index (κ1) is 19.1. The van der Waals surface area contributed by atoms with Crippen LogP contribution in [0.25, 0.3) is 5.65 Å². The van der Waals surface area contributed by atoms with Crippen molar-refractivity contribution < 1.29 is 4.79 Å². The van der Waals surface area contributed by atoms with Gasteiger partial charge in [-0.3, -0.25) is 4.79 Å². The lowest BCUT2D eigenvalue weighted by Crippen LogP contribution is -2.46. The SMILES string of the molecule is O=C(Cc1cn2ccccc2n1)Nc1ccc(N2CCN(c3ccccc3)CC2)nc1. The van der Waals surface area contributed by atoms with E-state index in [4.69, 9.17) is 0 Å². The van der Waals surface area contributed by atoms with Crippen molar-refractivity contribution in [1.82, 2.24) is 14.4 Å². The van der Waals surface area contributed by atoms with Gasteiger partial charge in [0.2, 0.25) is 5.91 Å². The number of amides is 1. The summed E-state index contributed by atoms with van der Waals surface area (Å²) in [6.07, 6.45) is 5.75. The molecule has 1 N–H and O–H groups in total. The van der Waals surface area contributed by atoms with Gasteiger partial charge in [0.1, 0.15) is 11.5 Å². The van der Waals surface area contributed by atoms with Crippen molar-refractivity contribution in [2.75, 3.05) is 41.3 Å². The van der Waals surface area contributed by atoms with Crippen LogP contribution < -0.4 is 15.1 Å². The largest absolute Gasteiger partial charge is 0.368 e. The maximum absolute atomic E-state index is 12.4. The average molecular weight is 412 g/mol. The first-order valence-electron chi connectivity index (χ1n) is 10.5. The summed E-state index contributed by atoms with van der Waals surface area (Å²) >= 11 is 0. The Morgan fingerprint density at radius 2 is 1.68 bits per heavy atom. The predicted octanol–water partition coefficient (Wildman–Crippen LogP) is 3.24. The number of piperazine rings is 1. The highest BCUT2D eigenvalue weighted by Crippen LogP contribution is 2.20. The Kier molecular flexibility index (Phi) is 5.22. The molecule has 1 aromatic carbocycles. The maximum Gasteiger partial charge on any atom is 0.230 e. The smallest absolute Gasteiger partial charge is 0.230 e. The van der Waals surface area contributed by atoms with Gasteiger partial charge in [-0.05, 0) is 36.4 Å². The third-order valence-electron chi connectivity index (χ3n) is 5.51. The van der Waals surface area contributed by atoms with E-state index in [2.05, 4.69) is 49.4 Å². The topological polar surface area (TPSA) is 65.8 Å². The average Bonchev–Trinajstić information content (AvgIpc) is 3.22. The Hall–Kier alpha value is -3.87. The number of carbonyl (C=O) groups excluding carboxylic acids is 1. The van der Waals surface area contributed by atoms with Crippen LogP contribution in [-0.2, 0) is 11.2 Å². The molecule has 3 aromatic heterocycles. The Morgan fingerprint density at radius 3 is 2.42 bits per heavy atom. The second-order valence-corrected chi connectivity index (χ2v) is 7.64. The quantitative estimate of drug-likeness (QED) is 0.545. The summed E-state index contributed by atoms with van der Waals surface area (Å²) in [5, 5.41) is 2.92. The van der Waals surface area contributed by atoms with E-state index < -0.39 is 0 Å². The van der Waals surface area contributed by atoms with E-state index in [-0.39, 0.29) is 12.3 Å². The molecular weight excluding hydrogens is 388 g/mol. The molecule has 0 saturated carbocycles. The Balaban J connectivity index is 1.16. The molecule has 4 heterocycles. The summed E-state index contributed by atoms with van der Waals surface area (Å²) in [6, 6.07) is 20.2. The number of carbonyl (C=O) groups is 1. The molecule has 5 rings (SSSR count). The highest BCUT2D eigenvalue weighted by atomic mass is 16.1. The Morgan fingerprint density at radius 1 is 0.903 bits per heavy atom. The number of fused-ring (bicyclic) bond motifs is 1. The van der Waals surface area contributed by atoms with E-state index in [1.165, 1.54) is 5.69 Å². The van der Waals surface area contributed by atoms with Crippen molar-refractivity contribution in [3.63, 3.8) is 0 Å². The molecule has 1 aliphatic rings. The van der Waals surface area contributed by atoms with Gasteiger partial charge < -0.3 is 19.5 Å². The van der Waals surface area contributed by atoms with E-state index >= 15 is 0 Å². The van der Waals surface area contributed by atoms with Crippen LogP contribution in [-0.4, -0.2) is 46.5 Å². The summed E-state index contributed by atoms with van der Waals surface area (Å²) in [4.78, 5) is 26.1. The minimum Gasteiger partial charge on any atom is -0.368 e. The summed E-state index contributed by atoms with van der Waals surface area (Å²) in [5.74, 6) is 0.834. The Bertz CT molecular complexity index is 1130. The molecular formula is C24H24N6O. The molecule has 1 fully saturated rings. The van der Waals surface area contributed by atoms with Crippen molar-refractivity contribution in [2.45, 2.75) is 6.42 Å². The number of nitrogens with one attached hydrogen (secondary N) is 1. The number of para-hydroxylation sites is 1. The molecule has 0 unspecified atom stereocenters. The van der Waals surface area contributed by atoms with Crippen LogP contribution >= 0.6 is 0 Å². The minimum atomic E-state index is -0.102. The van der Waals surface area contributed by atoms with Gasteiger partial charge in [-0.1, -0.05) is 24.3 Å². The first-order valence-corrected chi connectivity index (χ1v) is 10.5. The first-order chi connectivity index (χ1) is 15.2. The molecule has 0 aliphatic carbocycles. The summed E-state index contributed by atoms with van der Waals surface area (Å²) in [5.41, 5.74) is 3.53. The molecule has 4 aromatic rings. The van der Waals surface area contributed by atoms with Gasteiger partial charge in [0, 0.05) is 44.3 Å². The molecule has 7 heteroatoms. The monoisotopic (exact) mass is 412 g/mol. The van der Waals surface area contributed by atoms with E-state index in [1.807, 2.05) is 53.2 Å². The van der Waals surface area contributed by atoms with Crippen molar-refractivity contribution >= 4 is 28.7 Å². The molecule has 0 atom stereocenters.